The standard InChI is InChI=1S/C25H32/c1-2-4-6-8-12-21-14-10-16-23-19-22-15-9-13-20(11-7-5-3-1)24(22)17-18-25(21)23/h9-10,13-16H,1-8,11-12,17-19H2. The highest BCUT2D eigenvalue weighted by molar-refractivity contribution is 5.46. The van der Waals surface area contributed by atoms with Gasteiger partial charge in [-0.05, 0) is 78.3 Å². The molecule has 0 aliphatic heterocycles. The van der Waals surface area contributed by atoms with Crippen molar-refractivity contribution in [2.75, 3.05) is 0 Å². The molecule has 0 radical (unpaired) electrons. The van der Waals surface area contributed by atoms with Crippen molar-refractivity contribution in [2.45, 2.75) is 83.5 Å². The summed E-state index contributed by atoms with van der Waals surface area (Å²) in [5.74, 6) is 0. The van der Waals surface area contributed by atoms with Crippen LogP contribution in [0.25, 0.3) is 0 Å². The van der Waals surface area contributed by atoms with Crippen molar-refractivity contribution in [3.8, 4) is 0 Å². The molecule has 0 unspecified atom stereocenters. The van der Waals surface area contributed by atoms with Gasteiger partial charge in [-0.1, -0.05) is 74.9 Å². The molecule has 2 bridgehead atoms. The van der Waals surface area contributed by atoms with E-state index in [2.05, 4.69) is 36.4 Å². The van der Waals surface area contributed by atoms with E-state index in [-0.39, 0.29) is 0 Å². The third-order valence-corrected chi connectivity index (χ3v) is 6.39. The molecular formula is C25H32. The molecule has 2 aromatic rings. The first-order chi connectivity index (χ1) is 12.4. The molecule has 0 atom stereocenters. The first-order valence-electron chi connectivity index (χ1n) is 10.6. The molecule has 2 aromatic carbocycles. The fraction of sp³-hybridized carbons (Fsp3) is 0.520. The Kier molecular flexibility index (Phi) is 5.55. The van der Waals surface area contributed by atoms with Gasteiger partial charge in [0.25, 0.3) is 0 Å². The summed E-state index contributed by atoms with van der Waals surface area (Å²) in [5.41, 5.74) is 9.82. The van der Waals surface area contributed by atoms with Crippen molar-refractivity contribution in [2.24, 2.45) is 0 Å². The second kappa shape index (κ2) is 8.21. The van der Waals surface area contributed by atoms with Crippen LogP contribution in [-0.4, -0.2) is 0 Å². The van der Waals surface area contributed by atoms with Crippen LogP contribution in [0.3, 0.4) is 0 Å². The molecule has 0 spiro atoms. The Morgan fingerprint density at radius 3 is 1.28 bits per heavy atom. The zero-order valence-electron chi connectivity index (χ0n) is 15.7. The number of hydrogen-bond acceptors (Lipinski definition) is 0. The first kappa shape index (κ1) is 16.9. The van der Waals surface area contributed by atoms with Gasteiger partial charge in [-0.3, -0.25) is 0 Å². The number of aryl methyl sites for hydroxylation is 2. The molecule has 0 aromatic heterocycles. The molecule has 0 heterocycles. The second-order valence-electron chi connectivity index (χ2n) is 8.11. The third-order valence-electron chi connectivity index (χ3n) is 6.39. The van der Waals surface area contributed by atoms with Crippen LogP contribution in [0.4, 0.5) is 0 Å². The van der Waals surface area contributed by atoms with Gasteiger partial charge in [-0.25, -0.2) is 0 Å². The van der Waals surface area contributed by atoms with Crippen molar-refractivity contribution in [3.05, 3.63) is 69.8 Å². The van der Waals surface area contributed by atoms with Crippen LogP contribution < -0.4 is 0 Å². The molecular weight excluding hydrogens is 300 g/mol. The van der Waals surface area contributed by atoms with Crippen LogP contribution in [0, 0.1) is 0 Å². The van der Waals surface area contributed by atoms with Crippen LogP contribution in [-0.2, 0) is 32.1 Å². The third kappa shape index (κ3) is 4.00. The lowest BCUT2D eigenvalue weighted by Crippen LogP contribution is -2.01. The van der Waals surface area contributed by atoms with Gasteiger partial charge in [0.1, 0.15) is 0 Å². The molecule has 0 nitrogen and oxygen atoms in total. The Hall–Kier alpha value is -1.56. The van der Waals surface area contributed by atoms with Crippen molar-refractivity contribution in [3.63, 3.8) is 0 Å². The Labute approximate surface area is 153 Å². The zero-order valence-corrected chi connectivity index (χ0v) is 15.7. The van der Waals surface area contributed by atoms with E-state index in [0.717, 1.165) is 6.42 Å². The van der Waals surface area contributed by atoms with E-state index in [0.29, 0.717) is 0 Å². The van der Waals surface area contributed by atoms with Crippen molar-refractivity contribution >= 4 is 0 Å². The molecule has 0 saturated carbocycles. The predicted molar refractivity (Wildman–Crippen MR) is 107 cm³/mol. The highest BCUT2D eigenvalue weighted by Crippen LogP contribution is 2.30. The van der Waals surface area contributed by atoms with E-state index in [9.17, 15) is 0 Å². The minimum atomic E-state index is 1.15. The lowest BCUT2D eigenvalue weighted by atomic mass is 9.92. The van der Waals surface area contributed by atoms with E-state index in [1.807, 2.05) is 0 Å². The normalized spacial score (nSPS) is 18.7. The van der Waals surface area contributed by atoms with Crippen molar-refractivity contribution in [1.29, 1.82) is 0 Å². The molecule has 0 saturated heterocycles. The number of hydrogen-bond donors (Lipinski definition) is 0. The summed E-state index contributed by atoms with van der Waals surface area (Å²) in [5, 5.41) is 0. The topological polar surface area (TPSA) is 0 Å². The van der Waals surface area contributed by atoms with Gasteiger partial charge >= 0.3 is 0 Å². The Balaban J connectivity index is 1.66. The fourth-order valence-electron chi connectivity index (χ4n) is 4.96. The summed E-state index contributed by atoms with van der Waals surface area (Å²) in [6.07, 6.45) is 17.5. The zero-order chi connectivity index (χ0) is 16.9. The summed E-state index contributed by atoms with van der Waals surface area (Å²) in [4.78, 5) is 0. The van der Waals surface area contributed by atoms with Crippen LogP contribution in [0.1, 0.15) is 84.7 Å². The maximum atomic E-state index is 2.40. The molecule has 0 fully saturated rings. The van der Waals surface area contributed by atoms with Crippen LogP contribution in [0.5, 0.6) is 0 Å². The van der Waals surface area contributed by atoms with Crippen molar-refractivity contribution in [1.82, 2.24) is 0 Å². The van der Waals surface area contributed by atoms with Crippen LogP contribution >= 0.6 is 0 Å². The molecule has 25 heavy (non-hydrogen) atoms. The summed E-state index contributed by atoms with van der Waals surface area (Å²) in [7, 11) is 0. The molecule has 2 aliphatic rings. The molecule has 0 amide bonds. The lowest BCUT2D eigenvalue weighted by Gasteiger charge is -2.13. The van der Waals surface area contributed by atoms with Crippen LogP contribution in [0.15, 0.2) is 36.4 Å². The van der Waals surface area contributed by atoms with Gasteiger partial charge in [0.2, 0.25) is 0 Å². The van der Waals surface area contributed by atoms with E-state index in [1.165, 1.54) is 77.0 Å². The monoisotopic (exact) mass is 332 g/mol. The number of rotatable bonds is 0. The maximum absolute atomic E-state index is 2.40. The minimum absolute atomic E-state index is 1.15. The van der Waals surface area contributed by atoms with Gasteiger partial charge in [-0.2, -0.15) is 0 Å². The average Bonchev–Trinajstić information content (AvgIpc) is 2.82. The van der Waals surface area contributed by atoms with Gasteiger partial charge in [0, 0.05) is 0 Å². The van der Waals surface area contributed by atoms with E-state index in [4.69, 9.17) is 0 Å². The Bertz CT molecular complexity index is 648. The van der Waals surface area contributed by atoms with Crippen LogP contribution in [0.2, 0.25) is 0 Å². The van der Waals surface area contributed by atoms with Crippen molar-refractivity contribution < 1.29 is 0 Å². The number of benzene rings is 2. The van der Waals surface area contributed by atoms with Gasteiger partial charge < -0.3 is 0 Å². The van der Waals surface area contributed by atoms with E-state index in [1.54, 1.807) is 33.4 Å². The van der Waals surface area contributed by atoms with Gasteiger partial charge in [0.15, 0.2) is 0 Å². The van der Waals surface area contributed by atoms with E-state index < -0.39 is 0 Å². The average molecular weight is 333 g/mol. The molecule has 4 rings (SSSR count). The maximum Gasteiger partial charge on any atom is -0.00201 e. The lowest BCUT2D eigenvalue weighted by molar-refractivity contribution is 0.566. The molecule has 0 N–H and O–H groups in total. The molecule has 2 aliphatic carbocycles. The Morgan fingerprint density at radius 1 is 0.400 bits per heavy atom. The predicted octanol–water partition coefficient (Wildman–Crippen LogP) is 6.60. The highest BCUT2D eigenvalue weighted by atomic mass is 14.2. The minimum Gasteiger partial charge on any atom is -0.0617 e. The van der Waals surface area contributed by atoms with Gasteiger partial charge in [0.05, 0.1) is 0 Å². The summed E-state index contributed by atoms with van der Waals surface area (Å²) in [6.45, 7) is 0. The molecule has 0 heteroatoms. The largest absolute Gasteiger partial charge is 0.0617 e. The Morgan fingerprint density at radius 2 is 0.800 bits per heavy atom. The summed E-state index contributed by atoms with van der Waals surface area (Å²) in [6, 6.07) is 14.2. The smallest absolute Gasteiger partial charge is 0.00201 e. The first-order valence-corrected chi connectivity index (χ1v) is 10.6. The summed E-state index contributed by atoms with van der Waals surface area (Å²) < 4.78 is 0. The van der Waals surface area contributed by atoms with E-state index >= 15 is 0 Å². The van der Waals surface area contributed by atoms with Gasteiger partial charge in [-0.15, -0.1) is 0 Å². The SMILES string of the molecule is c1cc2c3c(c1)Cc1cccc(c1CC3)CCCCCCCCCC2. The second-order valence-corrected chi connectivity index (χ2v) is 8.11. The molecule has 132 valence electrons. The summed E-state index contributed by atoms with van der Waals surface area (Å²) >= 11 is 0. The highest BCUT2D eigenvalue weighted by Gasteiger charge is 2.17. The fourth-order valence-corrected chi connectivity index (χ4v) is 4.96. The quantitative estimate of drug-likeness (QED) is 0.510. The number of fused-ring (bicyclic) bond motifs is 1.